The fraction of sp³-hybridized carbons (Fsp3) is 0.889. The van der Waals surface area contributed by atoms with E-state index in [1.807, 2.05) is 0 Å². The number of ether oxygens (including phenoxy) is 2. The monoisotopic (exact) mass is 187 g/mol. The highest BCUT2D eigenvalue weighted by Crippen LogP contribution is 2.21. The first-order valence-corrected chi connectivity index (χ1v) is 4.64. The van der Waals surface area contributed by atoms with Crippen molar-refractivity contribution in [1.82, 2.24) is 0 Å². The molecule has 4 nitrogen and oxygen atoms in total. The molecule has 0 aromatic rings. The summed E-state index contributed by atoms with van der Waals surface area (Å²) in [5.74, 6) is -0.334. The molecule has 0 heterocycles. The second kappa shape index (κ2) is 4.58. The Labute approximate surface area is 78.4 Å². The Hall–Kier alpha value is -0.610. The number of carbonyl (C=O) groups excluding carboxylic acids is 1. The van der Waals surface area contributed by atoms with Crippen LogP contribution in [0.3, 0.4) is 0 Å². The van der Waals surface area contributed by atoms with Crippen molar-refractivity contribution in [2.75, 3.05) is 7.11 Å². The summed E-state index contributed by atoms with van der Waals surface area (Å²) in [6, 6.07) is 0.0760. The summed E-state index contributed by atoms with van der Waals surface area (Å²) in [5, 5.41) is 0. The van der Waals surface area contributed by atoms with Crippen LogP contribution in [0.4, 0.5) is 0 Å². The first kappa shape index (κ1) is 10.5. The van der Waals surface area contributed by atoms with Crippen LogP contribution in [0.15, 0.2) is 0 Å². The van der Waals surface area contributed by atoms with Gasteiger partial charge in [-0.05, 0) is 26.2 Å². The highest BCUT2D eigenvalue weighted by Gasteiger charge is 2.28. The Morgan fingerprint density at radius 1 is 1.54 bits per heavy atom. The van der Waals surface area contributed by atoms with Gasteiger partial charge in [0.2, 0.25) is 0 Å². The van der Waals surface area contributed by atoms with Gasteiger partial charge in [0.25, 0.3) is 0 Å². The molecule has 1 aliphatic rings. The smallest absolute Gasteiger partial charge is 0.334 e. The second-order valence-corrected chi connectivity index (χ2v) is 3.43. The maximum atomic E-state index is 11.0. The maximum absolute atomic E-state index is 11.0. The molecule has 0 bridgehead atoms. The average molecular weight is 187 g/mol. The number of hydrogen-bond acceptors (Lipinski definition) is 4. The number of esters is 1. The van der Waals surface area contributed by atoms with E-state index < -0.39 is 6.10 Å². The Bertz CT molecular complexity index is 184. The largest absolute Gasteiger partial charge is 0.467 e. The summed E-state index contributed by atoms with van der Waals surface area (Å²) in [6.45, 7) is 1.69. The minimum atomic E-state index is -0.501. The topological polar surface area (TPSA) is 61.5 Å². The fourth-order valence-corrected chi connectivity index (χ4v) is 1.61. The maximum Gasteiger partial charge on any atom is 0.334 e. The van der Waals surface area contributed by atoms with Gasteiger partial charge in [0.1, 0.15) is 0 Å². The fourth-order valence-electron chi connectivity index (χ4n) is 1.61. The molecule has 13 heavy (non-hydrogen) atoms. The zero-order chi connectivity index (χ0) is 9.84. The number of nitrogens with two attached hydrogens (primary N) is 1. The van der Waals surface area contributed by atoms with Gasteiger partial charge in [0.05, 0.1) is 13.2 Å². The van der Waals surface area contributed by atoms with Gasteiger partial charge < -0.3 is 15.2 Å². The minimum absolute atomic E-state index is 0.0223. The average Bonchev–Trinajstić information content (AvgIpc) is 2.50. The van der Waals surface area contributed by atoms with Gasteiger partial charge in [0, 0.05) is 6.04 Å². The van der Waals surface area contributed by atoms with E-state index in [0.29, 0.717) is 0 Å². The molecule has 0 amide bonds. The molecule has 0 radical (unpaired) electrons. The molecule has 76 valence electrons. The molecule has 1 aliphatic carbocycles. The third kappa shape index (κ3) is 2.67. The van der Waals surface area contributed by atoms with Crippen molar-refractivity contribution >= 4 is 5.97 Å². The van der Waals surface area contributed by atoms with E-state index >= 15 is 0 Å². The van der Waals surface area contributed by atoms with Crippen LogP contribution in [-0.4, -0.2) is 31.3 Å². The molecule has 3 atom stereocenters. The Balaban J connectivity index is 2.34. The first-order chi connectivity index (χ1) is 6.15. The van der Waals surface area contributed by atoms with E-state index in [0.717, 1.165) is 19.3 Å². The highest BCUT2D eigenvalue weighted by molar-refractivity contribution is 5.73. The molecule has 1 saturated carbocycles. The van der Waals surface area contributed by atoms with Crippen LogP contribution in [0.25, 0.3) is 0 Å². The molecular formula is C9H17NO3. The molecule has 0 aromatic carbocycles. The molecule has 0 aromatic heterocycles. The van der Waals surface area contributed by atoms with E-state index in [2.05, 4.69) is 4.74 Å². The van der Waals surface area contributed by atoms with E-state index in [-0.39, 0.29) is 18.1 Å². The molecule has 3 unspecified atom stereocenters. The zero-order valence-corrected chi connectivity index (χ0v) is 8.16. The predicted molar refractivity (Wildman–Crippen MR) is 48.2 cm³/mol. The SMILES string of the molecule is COC(=O)C(C)OC1CCCC1N. The van der Waals surface area contributed by atoms with Crippen molar-refractivity contribution in [3.8, 4) is 0 Å². The van der Waals surface area contributed by atoms with Crippen molar-refractivity contribution < 1.29 is 14.3 Å². The number of hydrogen-bond donors (Lipinski definition) is 1. The molecule has 2 N–H and O–H groups in total. The molecule has 1 fully saturated rings. The lowest BCUT2D eigenvalue weighted by Gasteiger charge is -2.19. The van der Waals surface area contributed by atoms with Crippen molar-refractivity contribution in [1.29, 1.82) is 0 Å². The van der Waals surface area contributed by atoms with Crippen LogP contribution in [0.2, 0.25) is 0 Å². The summed E-state index contributed by atoms with van der Waals surface area (Å²) < 4.78 is 10.0. The third-order valence-corrected chi connectivity index (χ3v) is 2.42. The zero-order valence-electron chi connectivity index (χ0n) is 8.16. The van der Waals surface area contributed by atoms with Crippen LogP contribution < -0.4 is 5.73 Å². The van der Waals surface area contributed by atoms with Crippen LogP contribution in [0.5, 0.6) is 0 Å². The molecule has 4 heteroatoms. The van der Waals surface area contributed by atoms with Crippen molar-refractivity contribution in [3.63, 3.8) is 0 Å². The van der Waals surface area contributed by atoms with Gasteiger partial charge >= 0.3 is 5.97 Å². The highest BCUT2D eigenvalue weighted by atomic mass is 16.6. The summed E-state index contributed by atoms with van der Waals surface area (Å²) in [6.07, 6.45) is 2.54. The summed E-state index contributed by atoms with van der Waals surface area (Å²) in [4.78, 5) is 11.0. The summed E-state index contributed by atoms with van der Waals surface area (Å²) >= 11 is 0. The van der Waals surface area contributed by atoms with E-state index in [1.165, 1.54) is 7.11 Å². The van der Waals surface area contributed by atoms with Crippen LogP contribution in [0.1, 0.15) is 26.2 Å². The molecule has 1 rings (SSSR count). The number of rotatable bonds is 3. The standard InChI is InChI=1S/C9H17NO3/c1-6(9(11)12-2)13-8-5-3-4-7(8)10/h6-8H,3-5,10H2,1-2H3. The lowest BCUT2D eigenvalue weighted by atomic mass is 10.2. The lowest BCUT2D eigenvalue weighted by Crippen LogP contribution is -2.36. The minimum Gasteiger partial charge on any atom is -0.467 e. The molecule has 0 aliphatic heterocycles. The molecule has 0 spiro atoms. The normalized spacial score (nSPS) is 30.1. The second-order valence-electron chi connectivity index (χ2n) is 3.43. The number of carbonyl (C=O) groups is 1. The van der Waals surface area contributed by atoms with Gasteiger partial charge in [-0.3, -0.25) is 0 Å². The molecule has 0 saturated heterocycles. The number of methoxy groups -OCH3 is 1. The van der Waals surface area contributed by atoms with Crippen LogP contribution in [-0.2, 0) is 14.3 Å². The molecular weight excluding hydrogens is 170 g/mol. The van der Waals surface area contributed by atoms with Crippen molar-refractivity contribution in [3.05, 3.63) is 0 Å². The van der Waals surface area contributed by atoms with Gasteiger partial charge in [-0.2, -0.15) is 0 Å². The summed E-state index contributed by atoms with van der Waals surface area (Å²) in [7, 11) is 1.36. The van der Waals surface area contributed by atoms with Gasteiger partial charge in [-0.15, -0.1) is 0 Å². The van der Waals surface area contributed by atoms with E-state index in [4.69, 9.17) is 10.5 Å². The Morgan fingerprint density at radius 3 is 2.69 bits per heavy atom. The van der Waals surface area contributed by atoms with Gasteiger partial charge in [-0.25, -0.2) is 4.79 Å². The van der Waals surface area contributed by atoms with Gasteiger partial charge in [0.15, 0.2) is 6.10 Å². The lowest BCUT2D eigenvalue weighted by molar-refractivity contribution is -0.156. The van der Waals surface area contributed by atoms with E-state index in [1.54, 1.807) is 6.92 Å². The van der Waals surface area contributed by atoms with Crippen molar-refractivity contribution in [2.24, 2.45) is 5.73 Å². The quantitative estimate of drug-likeness (QED) is 0.651. The third-order valence-electron chi connectivity index (χ3n) is 2.42. The van der Waals surface area contributed by atoms with Crippen molar-refractivity contribution in [2.45, 2.75) is 44.4 Å². The van der Waals surface area contributed by atoms with Crippen LogP contribution >= 0.6 is 0 Å². The Kier molecular flexibility index (Phi) is 3.69. The predicted octanol–water partition coefficient (Wildman–Crippen LogP) is 0.444. The van der Waals surface area contributed by atoms with E-state index in [9.17, 15) is 4.79 Å². The van der Waals surface area contributed by atoms with Gasteiger partial charge in [-0.1, -0.05) is 0 Å². The summed E-state index contributed by atoms with van der Waals surface area (Å²) in [5.41, 5.74) is 5.79. The first-order valence-electron chi connectivity index (χ1n) is 4.64. The van der Waals surface area contributed by atoms with Crippen LogP contribution in [0, 0.1) is 0 Å². The Morgan fingerprint density at radius 2 is 2.23 bits per heavy atom.